The highest BCUT2D eigenvalue weighted by atomic mass is 16.7. The fraction of sp³-hybridized carbons (Fsp3) is 0.538. The lowest BCUT2D eigenvalue weighted by molar-refractivity contribution is -0.178. The summed E-state index contributed by atoms with van der Waals surface area (Å²) in [6.07, 6.45) is 3.23. The molecule has 2 fully saturated rings. The van der Waals surface area contributed by atoms with E-state index in [1.54, 1.807) is 0 Å². The minimum absolute atomic E-state index is 0.236. The molecule has 0 N–H and O–H groups in total. The molecule has 0 radical (unpaired) electrons. The third-order valence-corrected chi connectivity index (χ3v) is 3.44. The Balaban J connectivity index is 1.76. The first-order valence-corrected chi connectivity index (χ1v) is 5.71. The molecule has 2 aliphatic heterocycles. The number of benzene rings is 1. The quantitative estimate of drug-likeness (QED) is 0.700. The average Bonchev–Trinajstić information content (AvgIpc) is 2.91. The summed E-state index contributed by atoms with van der Waals surface area (Å²) in [5, 5.41) is 0. The summed E-state index contributed by atoms with van der Waals surface area (Å²) in [5.41, 5.74) is 1.38. The molecule has 2 aliphatic rings. The van der Waals surface area contributed by atoms with Gasteiger partial charge in [0.2, 0.25) is 0 Å². The normalized spacial score (nSPS) is 35.1. The minimum atomic E-state index is -0.236. The highest BCUT2D eigenvalue weighted by Gasteiger charge is 2.44. The summed E-state index contributed by atoms with van der Waals surface area (Å²) in [5.74, 6) is 0.282. The monoisotopic (exact) mass is 204 g/mol. The van der Waals surface area contributed by atoms with Crippen LogP contribution in [0.1, 0.15) is 30.7 Å². The highest BCUT2D eigenvalue weighted by molar-refractivity contribution is 5.21. The molecule has 0 aromatic heterocycles. The predicted molar refractivity (Wildman–Crippen MR) is 57.7 cm³/mol. The average molecular weight is 204 g/mol. The van der Waals surface area contributed by atoms with E-state index in [0.29, 0.717) is 5.92 Å². The molecule has 2 unspecified atom stereocenters. The van der Waals surface area contributed by atoms with Crippen LogP contribution in [-0.4, -0.2) is 19.0 Å². The number of rotatable bonds is 1. The lowest BCUT2D eigenvalue weighted by atomic mass is 9.94. The van der Waals surface area contributed by atoms with Gasteiger partial charge in [0.05, 0.1) is 13.2 Å². The molecule has 15 heavy (non-hydrogen) atoms. The van der Waals surface area contributed by atoms with E-state index in [1.807, 2.05) is 0 Å². The van der Waals surface area contributed by atoms with E-state index in [-0.39, 0.29) is 5.79 Å². The number of hydrogen-bond donors (Lipinski definition) is 0. The molecule has 2 nitrogen and oxygen atoms in total. The van der Waals surface area contributed by atoms with Crippen molar-refractivity contribution in [2.75, 3.05) is 13.2 Å². The van der Waals surface area contributed by atoms with Crippen molar-refractivity contribution in [2.24, 2.45) is 0 Å². The Morgan fingerprint density at radius 2 is 2.00 bits per heavy atom. The summed E-state index contributed by atoms with van der Waals surface area (Å²) >= 11 is 0. The van der Waals surface area contributed by atoms with Gasteiger partial charge in [-0.3, -0.25) is 0 Å². The van der Waals surface area contributed by atoms with Gasteiger partial charge in [0.25, 0.3) is 0 Å². The third-order valence-electron chi connectivity index (χ3n) is 3.44. The first-order valence-electron chi connectivity index (χ1n) is 5.71. The number of ether oxygens (including phenoxy) is 2. The van der Waals surface area contributed by atoms with Crippen molar-refractivity contribution in [3.63, 3.8) is 0 Å². The molecule has 80 valence electrons. The Morgan fingerprint density at radius 1 is 1.13 bits per heavy atom. The molecule has 3 rings (SSSR count). The van der Waals surface area contributed by atoms with Gasteiger partial charge < -0.3 is 9.47 Å². The Bertz CT molecular complexity index is 328. The van der Waals surface area contributed by atoms with E-state index in [0.717, 1.165) is 32.5 Å². The van der Waals surface area contributed by atoms with Crippen molar-refractivity contribution in [3.8, 4) is 0 Å². The Hall–Kier alpha value is -0.860. The van der Waals surface area contributed by atoms with Gasteiger partial charge in [-0.05, 0) is 12.0 Å². The van der Waals surface area contributed by atoms with Gasteiger partial charge in [-0.25, -0.2) is 0 Å². The van der Waals surface area contributed by atoms with E-state index < -0.39 is 0 Å². The maximum atomic E-state index is 5.85. The molecule has 1 aromatic rings. The van der Waals surface area contributed by atoms with Gasteiger partial charge >= 0.3 is 0 Å². The zero-order valence-electron chi connectivity index (χ0n) is 8.82. The first-order chi connectivity index (χ1) is 7.38. The lowest BCUT2D eigenvalue weighted by Gasteiger charge is -2.21. The van der Waals surface area contributed by atoms with Crippen molar-refractivity contribution in [1.82, 2.24) is 0 Å². The van der Waals surface area contributed by atoms with E-state index in [2.05, 4.69) is 30.3 Å². The molecule has 0 saturated carbocycles. The van der Waals surface area contributed by atoms with Crippen LogP contribution >= 0.6 is 0 Å². The Morgan fingerprint density at radius 3 is 2.73 bits per heavy atom. The van der Waals surface area contributed by atoms with E-state index in [4.69, 9.17) is 9.47 Å². The largest absolute Gasteiger partial charge is 0.350 e. The first kappa shape index (κ1) is 9.37. The minimum Gasteiger partial charge on any atom is -0.350 e. The smallest absolute Gasteiger partial charge is 0.169 e. The molecule has 1 aromatic carbocycles. The summed E-state index contributed by atoms with van der Waals surface area (Å²) in [4.78, 5) is 0. The zero-order valence-corrected chi connectivity index (χ0v) is 8.82. The Labute approximate surface area is 90.2 Å². The van der Waals surface area contributed by atoms with Crippen LogP contribution in [0.15, 0.2) is 30.3 Å². The third kappa shape index (κ3) is 1.68. The fourth-order valence-electron chi connectivity index (χ4n) is 2.63. The molecule has 0 amide bonds. The van der Waals surface area contributed by atoms with Crippen molar-refractivity contribution in [2.45, 2.75) is 31.0 Å². The number of hydrogen-bond acceptors (Lipinski definition) is 2. The molecular weight excluding hydrogens is 188 g/mol. The van der Waals surface area contributed by atoms with E-state index >= 15 is 0 Å². The van der Waals surface area contributed by atoms with Crippen LogP contribution in [0.3, 0.4) is 0 Å². The van der Waals surface area contributed by atoms with Crippen molar-refractivity contribution < 1.29 is 9.47 Å². The molecule has 2 heterocycles. The maximum Gasteiger partial charge on any atom is 0.169 e. The summed E-state index contributed by atoms with van der Waals surface area (Å²) < 4.78 is 11.6. The molecule has 0 bridgehead atoms. The zero-order chi connectivity index (χ0) is 10.1. The van der Waals surface area contributed by atoms with Gasteiger partial charge in [0.15, 0.2) is 5.79 Å². The topological polar surface area (TPSA) is 18.5 Å². The molecular formula is C13H16O2. The standard InChI is InChI=1S/C13H16O2/c1-2-5-11(6-3-1)12-9-13(15-10-12)7-4-8-14-13/h1-3,5-6,12H,4,7-10H2. The second-order valence-corrected chi connectivity index (χ2v) is 4.49. The van der Waals surface area contributed by atoms with Crippen molar-refractivity contribution in [1.29, 1.82) is 0 Å². The lowest BCUT2D eigenvalue weighted by Crippen LogP contribution is -2.25. The fourth-order valence-corrected chi connectivity index (χ4v) is 2.63. The maximum absolute atomic E-state index is 5.85. The van der Waals surface area contributed by atoms with Crippen LogP contribution in [0.5, 0.6) is 0 Å². The Kier molecular flexibility index (Phi) is 2.26. The second kappa shape index (κ2) is 3.62. The summed E-state index contributed by atoms with van der Waals surface area (Å²) in [7, 11) is 0. The molecule has 0 aliphatic carbocycles. The van der Waals surface area contributed by atoms with Crippen LogP contribution in [0.25, 0.3) is 0 Å². The van der Waals surface area contributed by atoms with Crippen LogP contribution in [0, 0.1) is 0 Å². The van der Waals surface area contributed by atoms with Gasteiger partial charge in [-0.2, -0.15) is 0 Å². The van der Waals surface area contributed by atoms with Crippen LogP contribution in [0.4, 0.5) is 0 Å². The van der Waals surface area contributed by atoms with Gasteiger partial charge in [-0.15, -0.1) is 0 Å². The second-order valence-electron chi connectivity index (χ2n) is 4.49. The van der Waals surface area contributed by atoms with Crippen LogP contribution in [-0.2, 0) is 9.47 Å². The predicted octanol–water partition coefficient (Wildman–Crippen LogP) is 2.70. The van der Waals surface area contributed by atoms with E-state index in [1.165, 1.54) is 5.56 Å². The SMILES string of the molecule is c1ccc(C2COC3(CCCO3)C2)cc1. The molecule has 2 atom stereocenters. The summed E-state index contributed by atoms with van der Waals surface area (Å²) in [6, 6.07) is 10.6. The molecule has 2 saturated heterocycles. The molecule has 1 spiro atoms. The van der Waals surface area contributed by atoms with E-state index in [9.17, 15) is 0 Å². The van der Waals surface area contributed by atoms with Crippen LogP contribution in [0.2, 0.25) is 0 Å². The van der Waals surface area contributed by atoms with Gasteiger partial charge in [0.1, 0.15) is 0 Å². The van der Waals surface area contributed by atoms with Gasteiger partial charge in [0, 0.05) is 18.8 Å². The molecule has 2 heteroatoms. The highest BCUT2D eigenvalue weighted by Crippen LogP contribution is 2.42. The van der Waals surface area contributed by atoms with Gasteiger partial charge in [-0.1, -0.05) is 30.3 Å². The van der Waals surface area contributed by atoms with Crippen LogP contribution < -0.4 is 0 Å². The van der Waals surface area contributed by atoms with Crippen molar-refractivity contribution >= 4 is 0 Å². The summed E-state index contributed by atoms with van der Waals surface area (Å²) in [6.45, 7) is 1.67. The van der Waals surface area contributed by atoms with Crippen molar-refractivity contribution in [3.05, 3.63) is 35.9 Å².